The van der Waals surface area contributed by atoms with Crippen molar-refractivity contribution >= 4 is 46.6 Å². The average Bonchev–Trinajstić information content (AvgIpc) is 3.32. The molecule has 5 rings (SSSR count). The summed E-state index contributed by atoms with van der Waals surface area (Å²) in [6.45, 7) is 4.87. The van der Waals surface area contributed by atoms with Crippen molar-refractivity contribution in [3.05, 3.63) is 119 Å². The largest absolute Gasteiger partial charge is 0.490 e. The SMILES string of the molecule is CCOc1ccc([C@H]2C(C(=O)OC)=CN=c3s/c(=C/c4cc(Cl)cc(Cl)c4OCc4ccccc4)c(=O)n32)cc1OCC. The minimum absolute atomic E-state index is 0.200. The molecule has 43 heavy (non-hydrogen) atoms. The smallest absolute Gasteiger partial charge is 0.337 e. The predicted octanol–water partition coefficient (Wildman–Crippen LogP) is 5.70. The summed E-state index contributed by atoms with van der Waals surface area (Å²) < 4.78 is 24.5. The number of nitrogens with zero attached hydrogens (tertiary/aromatic N) is 2. The van der Waals surface area contributed by atoms with Gasteiger partial charge in [0.25, 0.3) is 5.56 Å². The molecule has 0 unspecified atom stereocenters. The summed E-state index contributed by atoms with van der Waals surface area (Å²) >= 11 is 14.1. The van der Waals surface area contributed by atoms with Gasteiger partial charge < -0.3 is 18.9 Å². The van der Waals surface area contributed by atoms with Crippen LogP contribution in [0.25, 0.3) is 6.08 Å². The van der Waals surface area contributed by atoms with Crippen LogP contribution in [0.1, 0.15) is 36.6 Å². The van der Waals surface area contributed by atoms with Gasteiger partial charge in [0, 0.05) is 16.8 Å². The molecular formula is C32H28Cl2N2O6S. The summed E-state index contributed by atoms with van der Waals surface area (Å²) in [5.41, 5.74) is 1.95. The molecule has 0 saturated carbocycles. The lowest BCUT2D eigenvalue weighted by Crippen LogP contribution is -2.39. The molecule has 2 heterocycles. The number of halogens is 2. The maximum Gasteiger partial charge on any atom is 0.337 e. The summed E-state index contributed by atoms with van der Waals surface area (Å²) in [5.74, 6) is 0.845. The summed E-state index contributed by atoms with van der Waals surface area (Å²) in [6.07, 6.45) is 3.11. The molecule has 0 bridgehead atoms. The molecule has 0 spiro atoms. The number of esters is 1. The Balaban J connectivity index is 1.64. The van der Waals surface area contributed by atoms with Crippen LogP contribution in [0, 0.1) is 0 Å². The molecule has 0 N–H and O–H groups in total. The number of methoxy groups -OCH3 is 1. The van der Waals surface area contributed by atoms with Gasteiger partial charge in [-0.3, -0.25) is 9.36 Å². The van der Waals surface area contributed by atoms with Gasteiger partial charge in [-0.15, -0.1) is 0 Å². The highest BCUT2D eigenvalue weighted by Gasteiger charge is 2.31. The monoisotopic (exact) mass is 638 g/mol. The van der Waals surface area contributed by atoms with Gasteiger partial charge in [-0.25, -0.2) is 9.79 Å². The Labute approximate surface area is 262 Å². The van der Waals surface area contributed by atoms with Crippen LogP contribution >= 0.6 is 34.5 Å². The van der Waals surface area contributed by atoms with Crippen molar-refractivity contribution in [1.29, 1.82) is 0 Å². The van der Waals surface area contributed by atoms with Crippen LogP contribution in [-0.4, -0.2) is 30.9 Å². The molecule has 4 aromatic rings. The number of carbonyl (C=O) groups is 1. The Morgan fingerprint density at radius 3 is 2.47 bits per heavy atom. The molecule has 1 aromatic heterocycles. The van der Waals surface area contributed by atoms with E-state index in [1.54, 1.807) is 36.4 Å². The van der Waals surface area contributed by atoms with E-state index < -0.39 is 12.0 Å². The number of ether oxygens (including phenoxy) is 4. The second-order valence-electron chi connectivity index (χ2n) is 9.33. The molecule has 11 heteroatoms. The summed E-state index contributed by atoms with van der Waals surface area (Å²) in [4.78, 5) is 31.8. The molecule has 0 saturated heterocycles. The van der Waals surface area contributed by atoms with Crippen LogP contribution < -0.4 is 29.1 Å². The second-order valence-corrected chi connectivity index (χ2v) is 11.2. The number of rotatable bonds is 10. The number of hydrogen-bond donors (Lipinski definition) is 0. The van der Waals surface area contributed by atoms with E-state index in [0.717, 1.165) is 5.56 Å². The van der Waals surface area contributed by atoms with E-state index in [9.17, 15) is 9.59 Å². The minimum atomic E-state index is -0.822. The predicted molar refractivity (Wildman–Crippen MR) is 167 cm³/mol. The van der Waals surface area contributed by atoms with Crippen molar-refractivity contribution in [3.63, 3.8) is 0 Å². The zero-order valence-electron chi connectivity index (χ0n) is 23.6. The molecule has 1 aliphatic heterocycles. The van der Waals surface area contributed by atoms with Gasteiger partial charge in [0.2, 0.25) is 0 Å². The third-order valence-electron chi connectivity index (χ3n) is 6.56. The first-order valence-corrected chi connectivity index (χ1v) is 15.1. The Morgan fingerprint density at radius 1 is 1.00 bits per heavy atom. The zero-order chi connectivity index (χ0) is 30.5. The molecule has 222 valence electrons. The summed E-state index contributed by atoms with van der Waals surface area (Å²) in [6, 6.07) is 17.4. The Bertz CT molecular complexity index is 1870. The van der Waals surface area contributed by atoms with E-state index >= 15 is 0 Å². The van der Waals surface area contributed by atoms with Gasteiger partial charge in [0.05, 0.1) is 41.5 Å². The van der Waals surface area contributed by atoms with Gasteiger partial charge >= 0.3 is 5.97 Å². The van der Waals surface area contributed by atoms with Crippen molar-refractivity contribution < 1.29 is 23.7 Å². The van der Waals surface area contributed by atoms with Gasteiger partial charge in [0.1, 0.15) is 12.4 Å². The molecule has 0 fully saturated rings. The van der Waals surface area contributed by atoms with Gasteiger partial charge in [-0.1, -0.05) is 70.9 Å². The Morgan fingerprint density at radius 2 is 1.74 bits per heavy atom. The number of carbonyl (C=O) groups excluding carboxylic acids is 1. The van der Waals surface area contributed by atoms with Gasteiger partial charge in [0.15, 0.2) is 16.3 Å². The van der Waals surface area contributed by atoms with E-state index in [-0.39, 0.29) is 17.7 Å². The van der Waals surface area contributed by atoms with Crippen molar-refractivity contribution in [2.75, 3.05) is 20.3 Å². The number of thiazole rings is 1. The molecule has 0 amide bonds. The van der Waals surface area contributed by atoms with Gasteiger partial charge in [-0.2, -0.15) is 0 Å². The van der Waals surface area contributed by atoms with E-state index in [1.807, 2.05) is 44.2 Å². The van der Waals surface area contributed by atoms with Crippen LogP contribution in [-0.2, 0) is 16.1 Å². The van der Waals surface area contributed by atoms with Crippen molar-refractivity contribution in [3.8, 4) is 17.2 Å². The first kappa shape index (κ1) is 30.4. The number of aromatic nitrogens is 1. The highest BCUT2D eigenvalue weighted by atomic mass is 35.5. The van der Waals surface area contributed by atoms with E-state index in [2.05, 4.69) is 4.99 Å². The normalized spacial score (nSPS) is 14.4. The molecule has 1 aliphatic rings. The second kappa shape index (κ2) is 13.5. The first-order chi connectivity index (χ1) is 20.8. The topological polar surface area (TPSA) is 88.4 Å². The van der Waals surface area contributed by atoms with E-state index in [4.69, 9.17) is 42.1 Å². The highest BCUT2D eigenvalue weighted by molar-refractivity contribution is 7.07. The van der Waals surface area contributed by atoms with Gasteiger partial charge in [-0.05, 0) is 55.3 Å². The Hall–Kier alpha value is -4.05. The quantitative estimate of drug-likeness (QED) is 0.207. The lowest BCUT2D eigenvalue weighted by Gasteiger charge is -2.23. The van der Waals surface area contributed by atoms with E-state index in [1.165, 1.54) is 29.2 Å². The van der Waals surface area contributed by atoms with Crippen LogP contribution in [0.3, 0.4) is 0 Å². The third-order valence-corrected chi connectivity index (χ3v) is 8.05. The van der Waals surface area contributed by atoms with E-state index in [0.29, 0.717) is 61.0 Å². The number of fused-ring (bicyclic) bond motifs is 1. The molecular weight excluding hydrogens is 611 g/mol. The average molecular weight is 640 g/mol. The number of benzene rings is 3. The first-order valence-electron chi connectivity index (χ1n) is 13.5. The van der Waals surface area contributed by atoms with Crippen molar-refractivity contribution in [1.82, 2.24) is 4.57 Å². The molecule has 0 aliphatic carbocycles. The van der Waals surface area contributed by atoms with Crippen LogP contribution in [0.4, 0.5) is 0 Å². The molecule has 1 atom stereocenters. The van der Waals surface area contributed by atoms with Crippen LogP contribution in [0.15, 0.2) is 82.2 Å². The fraction of sp³-hybridized carbons (Fsp3) is 0.219. The van der Waals surface area contributed by atoms with Crippen molar-refractivity contribution in [2.24, 2.45) is 4.99 Å². The maximum atomic E-state index is 14.0. The number of hydrogen-bond acceptors (Lipinski definition) is 8. The highest BCUT2D eigenvalue weighted by Crippen LogP contribution is 2.36. The third kappa shape index (κ3) is 6.49. The fourth-order valence-electron chi connectivity index (χ4n) is 4.70. The zero-order valence-corrected chi connectivity index (χ0v) is 26.0. The summed E-state index contributed by atoms with van der Waals surface area (Å²) in [7, 11) is 1.29. The molecule has 8 nitrogen and oxygen atoms in total. The standard InChI is InChI=1S/C32H28Cl2N2O6S/c1-4-40-25-12-11-20(14-26(25)41-5-2)28-23(31(38)39-3)17-35-32-36(28)30(37)27(43-32)15-21-13-22(33)16-24(34)29(21)42-18-19-9-7-6-8-10-19/h6-17,28H,4-5,18H2,1-3H3/b27-15+/t28-/m0/s1. The maximum absolute atomic E-state index is 14.0. The fourth-order valence-corrected chi connectivity index (χ4v) is 6.22. The van der Waals surface area contributed by atoms with Crippen molar-refractivity contribution in [2.45, 2.75) is 26.5 Å². The minimum Gasteiger partial charge on any atom is -0.490 e. The van der Waals surface area contributed by atoms with Crippen LogP contribution in [0.2, 0.25) is 10.0 Å². The summed E-state index contributed by atoms with van der Waals surface area (Å²) in [5, 5.41) is 0.700. The van der Waals surface area contributed by atoms with Crippen LogP contribution in [0.5, 0.6) is 17.2 Å². The Kier molecular flexibility index (Phi) is 9.55. The molecule has 0 radical (unpaired) electrons. The molecule has 3 aromatic carbocycles. The lowest BCUT2D eigenvalue weighted by molar-refractivity contribution is -0.136. The lowest BCUT2D eigenvalue weighted by atomic mass is 9.97.